The molecule has 0 spiro atoms. The molecule has 1 unspecified atom stereocenters. The highest BCUT2D eigenvalue weighted by Crippen LogP contribution is 2.19. The molecular weight excluding hydrogens is 272 g/mol. The topological polar surface area (TPSA) is 95.9 Å². The first kappa shape index (κ1) is 16.4. The number of hydrogen-bond acceptors (Lipinski definition) is 4. The lowest BCUT2D eigenvalue weighted by molar-refractivity contribution is -0.142. The van der Waals surface area contributed by atoms with E-state index in [1.165, 1.54) is 11.4 Å². The second-order valence-electron chi connectivity index (χ2n) is 4.69. The third kappa shape index (κ3) is 4.72. The second-order valence-corrected chi connectivity index (χ2v) is 6.40. The first-order valence-electron chi connectivity index (χ1n) is 6.39. The molecular formula is C11H22N2O5S. The lowest BCUT2D eigenvalue weighted by Crippen LogP contribution is -2.49. The molecule has 1 atom stereocenters. The highest BCUT2D eigenvalue weighted by atomic mass is 32.2. The Hall–Kier alpha value is -0.700. The summed E-state index contributed by atoms with van der Waals surface area (Å²) < 4.78 is 33.1. The third-order valence-electron chi connectivity index (χ3n) is 3.32. The van der Waals surface area contributed by atoms with Gasteiger partial charge in [0.05, 0.1) is 12.5 Å². The summed E-state index contributed by atoms with van der Waals surface area (Å²) in [4.78, 5) is 10.8. The van der Waals surface area contributed by atoms with Gasteiger partial charge in [0.15, 0.2) is 0 Å². The number of methoxy groups -OCH3 is 1. The Labute approximate surface area is 114 Å². The summed E-state index contributed by atoms with van der Waals surface area (Å²) in [5.41, 5.74) is 0. The SMILES string of the molecule is CCC(COC)NS(=O)(=O)N1CCC(C(=O)O)CC1. The van der Waals surface area contributed by atoms with Crippen LogP contribution in [0.25, 0.3) is 0 Å². The van der Waals surface area contributed by atoms with Crippen molar-refractivity contribution in [2.24, 2.45) is 5.92 Å². The number of hydrogen-bond donors (Lipinski definition) is 2. The van der Waals surface area contributed by atoms with Crippen molar-refractivity contribution >= 4 is 16.2 Å². The molecule has 0 aromatic carbocycles. The molecule has 1 heterocycles. The summed E-state index contributed by atoms with van der Waals surface area (Å²) in [5, 5.41) is 8.88. The van der Waals surface area contributed by atoms with Gasteiger partial charge in [0.2, 0.25) is 0 Å². The van der Waals surface area contributed by atoms with Gasteiger partial charge in [-0.25, -0.2) is 0 Å². The van der Waals surface area contributed by atoms with Gasteiger partial charge in [0, 0.05) is 26.2 Å². The van der Waals surface area contributed by atoms with E-state index >= 15 is 0 Å². The van der Waals surface area contributed by atoms with Crippen molar-refractivity contribution in [2.45, 2.75) is 32.2 Å². The lowest BCUT2D eigenvalue weighted by atomic mass is 9.99. The number of ether oxygens (including phenoxy) is 1. The minimum Gasteiger partial charge on any atom is -0.481 e. The van der Waals surface area contributed by atoms with Crippen LogP contribution in [0.1, 0.15) is 26.2 Å². The number of nitrogens with one attached hydrogen (secondary N) is 1. The predicted octanol–water partition coefficient (Wildman–Crippen LogP) is 0.0424. The molecule has 0 saturated carbocycles. The van der Waals surface area contributed by atoms with Crippen molar-refractivity contribution < 1.29 is 23.1 Å². The molecule has 2 N–H and O–H groups in total. The predicted molar refractivity (Wildman–Crippen MR) is 69.9 cm³/mol. The van der Waals surface area contributed by atoms with E-state index in [9.17, 15) is 13.2 Å². The molecule has 8 heteroatoms. The molecule has 1 fully saturated rings. The average molecular weight is 294 g/mol. The Morgan fingerprint density at radius 3 is 2.47 bits per heavy atom. The minimum absolute atomic E-state index is 0.246. The molecule has 0 amide bonds. The van der Waals surface area contributed by atoms with Gasteiger partial charge in [-0.3, -0.25) is 4.79 Å². The van der Waals surface area contributed by atoms with E-state index in [0.29, 0.717) is 25.9 Å². The van der Waals surface area contributed by atoms with Crippen LogP contribution in [-0.4, -0.2) is 56.6 Å². The van der Waals surface area contributed by atoms with Crippen molar-refractivity contribution in [3.8, 4) is 0 Å². The van der Waals surface area contributed by atoms with E-state index in [2.05, 4.69) is 4.72 Å². The van der Waals surface area contributed by atoms with Crippen molar-refractivity contribution in [1.82, 2.24) is 9.03 Å². The Morgan fingerprint density at radius 1 is 1.47 bits per heavy atom. The standard InChI is InChI=1S/C11H22N2O5S/c1-3-10(8-18-2)12-19(16,17)13-6-4-9(5-7-13)11(14)15/h9-10,12H,3-8H2,1-2H3,(H,14,15). The zero-order valence-electron chi connectivity index (χ0n) is 11.3. The Morgan fingerprint density at radius 2 is 2.05 bits per heavy atom. The fourth-order valence-electron chi connectivity index (χ4n) is 2.06. The number of carboxylic acids is 1. The maximum absolute atomic E-state index is 12.1. The van der Waals surface area contributed by atoms with Gasteiger partial charge < -0.3 is 9.84 Å². The molecule has 0 aliphatic carbocycles. The summed E-state index contributed by atoms with van der Waals surface area (Å²) >= 11 is 0. The van der Waals surface area contributed by atoms with E-state index in [1.54, 1.807) is 0 Å². The number of piperidine rings is 1. The van der Waals surface area contributed by atoms with Gasteiger partial charge >= 0.3 is 5.97 Å². The molecule has 19 heavy (non-hydrogen) atoms. The fourth-order valence-corrected chi connectivity index (χ4v) is 3.56. The maximum Gasteiger partial charge on any atom is 0.306 e. The van der Waals surface area contributed by atoms with Crippen LogP contribution < -0.4 is 4.72 Å². The number of carbonyl (C=O) groups is 1. The van der Waals surface area contributed by atoms with Crippen LogP contribution >= 0.6 is 0 Å². The number of nitrogens with zero attached hydrogens (tertiary/aromatic N) is 1. The van der Waals surface area contributed by atoms with Gasteiger partial charge in [-0.15, -0.1) is 0 Å². The zero-order valence-corrected chi connectivity index (χ0v) is 12.1. The summed E-state index contributed by atoms with van der Waals surface area (Å²) in [6.45, 7) is 2.69. The molecule has 1 aliphatic rings. The summed E-state index contributed by atoms with van der Waals surface area (Å²) in [6, 6.07) is -0.257. The van der Waals surface area contributed by atoms with Gasteiger partial charge in [-0.2, -0.15) is 17.4 Å². The van der Waals surface area contributed by atoms with Crippen LogP contribution in [-0.2, 0) is 19.7 Å². The van der Waals surface area contributed by atoms with E-state index < -0.39 is 22.1 Å². The molecule has 0 radical (unpaired) electrons. The molecule has 7 nitrogen and oxygen atoms in total. The van der Waals surface area contributed by atoms with Crippen molar-refractivity contribution in [3.05, 3.63) is 0 Å². The molecule has 1 aliphatic heterocycles. The van der Waals surface area contributed by atoms with Gasteiger partial charge in [0.25, 0.3) is 10.2 Å². The van der Waals surface area contributed by atoms with E-state index in [0.717, 1.165) is 0 Å². The normalized spacial score (nSPS) is 20.3. The van der Waals surface area contributed by atoms with Crippen LogP contribution in [0.3, 0.4) is 0 Å². The van der Waals surface area contributed by atoms with Crippen molar-refractivity contribution in [3.63, 3.8) is 0 Å². The third-order valence-corrected chi connectivity index (χ3v) is 5.00. The number of rotatable bonds is 7. The summed E-state index contributed by atoms with van der Waals surface area (Å²) in [5.74, 6) is -1.29. The van der Waals surface area contributed by atoms with Crippen LogP contribution in [0.2, 0.25) is 0 Å². The van der Waals surface area contributed by atoms with Crippen molar-refractivity contribution in [1.29, 1.82) is 0 Å². The maximum atomic E-state index is 12.1. The van der Waals surface area contributed by atoms with E-state index in [1.807, 2.05) is 6.92 Å². The number of aliphatic carboxylic acids is 1. The highest BCUT2D eigenvalue weighted by Gasteiger charge is 2.31. The van der Waals surface area contributed by atoms with Gasteiger partial charge in [0.1, 0.15) is 0 Å². The minimum atomic E-state index is -3.56. The highest BCUT2D eigenvalue weighted by molar-refractivity contribution is 7.87. The Balaban J connectivity index is 2.57. The molecule has 0 bridgehead atoms. The molecule has 112 valence electrons. The van der Waals surface area contributed by atoms with Crippen LogP contribution in [0.5, 0.6) is 0 Å². The first-order chi connectivity index (χ1) is 8.90. The monoisotopic (exact) mass is 294 g/mol. The molecule has 0 aromatic rings. The van der Waals surface area contributed by atoms with Crippen LogP contribution in [0, 0.1) is 5.92 Å². The summed E-state index contributed by atoms with van der Waals surface area (Å²) in [7, 11) is -2.03. The largest absolute Gasteiger partial charge is 0.481 e. The van der Waals surface area contributed by atoms with E-state index in [-0.39, 0.29) is 19.1 Å². The van der Waals surface area contributed by atoms with Gasteiger partial charge in [-0.05, 0) is 19.3 Å². The lowest BCUT2D eigenvalue weighted by Gasteiger charge is -2.30. The smallest absolute Gasteiger partial charge is 0.306 e. The average Bonchev–Trinajstić information content (AvgIpc) is 2.38. The van der Waals surface area contributed by atoms with Gasteiger partial charge in [-0.1, -0.05) is 6.92 Å². The van der Waals surface area contributed by atoms with Crippen LogP contribution in [0.15, 0.2) is 0 Å². The Kier molecular flexibility index (Phi) is 6.18. The summed E-state index contributed by atoms with van der Waals surface area (Å²) in [6.07, 6.45) is 1.35. The van der Waals surface area contributed by atoms with E-state index in [4.69, 9.17) is 9.84 Å². The molecule has 1 saturated heterocycles. The van der Waals surface area contributed by atoms with Crippen molar-refractivity contribution in [2.75, 3.05) is 26.8 Å². The molecule has 0 aromatic heterocycles. The quantitative estimate of drug-likeness (QED) is 0.691. The van der Waals surface area contributed by atoms with Crippen LogP contribution in [0.4, 0.5) is 0 Å². The second kappa shape index (κ2) is 7.18. The fraction of sp³-hybridized carbons (Fsp3) is 0.909. The number of carboxylic acid groups (broad SMARTS) is 1. The first-order valence-corrected chi connectivity index (χ1v) is 7.83. The molecule has 1 rings (SSSR count). The zero-order chi connectivity index (χ0) is 14.5. The Bertz CT molecular complexity index is 390.